The van der Waals surface area contributed by atoms with Gasteiger partial charge in [-0.1, -0.05) is 124 Å². The molecule has 4 saturated carbocycles. The molecule has 4 aliphatic carbocycles. The molecule has 4 rings (SSSR count). The van der Waals surface area contributed by atoms with Crippen LogP contribution in [-0.4, -0.2) is 0 Å². The van der Waals surface area contributed by atoms with Crippen LogP contribution in [-0.2, 0) is 0 Å². The van der Waals surface area contributed by atoms with Gasteiger partial charge in [0.25, 0.3) is 0 Å². The van der Waals surface area contributed by atoms with Crippen molar-refractivity contribution in [2.24, 2.45) is 23.7 Å². The Balaban J connectivity index is 0.000000190. The molecule has 0 amide bonds. The molecule has 0 spiro atoms. The van der Waals surface area contributed by atoms with Gasteiger partial charge >= 0.3 is 0 Å². The van der Waals surface area contributed by atoms with Crippen molar-refractivity contribution in [1.82, 2.24) is 0 Å². The van der Waals surface area contributed by atoms with E-state index in [1.54, 1.807) is 51.4 Å². The summed E-state index contributed by atoms with van der Waals surface area (Å²) in [6.07, 6.45) is 23.2. The van der Waals surface area contributed by atoms with Crippen molar-refractivity contribution in [3.05, 3.63) is 0 Å². The van der Waals surface area contributed by atoms with E-state index in [4.69, 9.17) is 0 Å². The molecule has 2 atom stereocenters. The van der Waals surface area contributed by atoms with Crippen LogP contribution in [0.15, 0.2) is 0 Å². The zero-order valence-electron chi connectivity index (χ0n) is 16.9. The predicted octanol–water partition coefficient (Wildman–Crippen LogP) is 8.40. The molecule has 23 heavy (non-hydrogen) atoms. The minimum atomic E-state index is 1.16. The third-order valence-electron chi connectivity index (χ3n) is 6.68. The molecule has 0 N–H and O–H groups in total. The van der Waals surface area contributed by atoms with E-state index in [0.717, 1.165) is 11.8 Å². The number of fused-ring (bicyclic) bond motifs is 2. The van der Waals surface area contributed by atoms with Gasteiger partial charge in [-0.3, -0.25) is 0 Å². The van der Waals surface area contributed by atoms with E-state index in [1.165, 1.54) is 56.8 Å². The summed E-state index contributed by atoms with van der Waals surface area (Å²) in [5.74, 6) is 4.64. The van der Waals surface area contributed by atoms with Crippen LogP contribution in [0.3, 0.4) is 0 Å². The van der Waals surface area contributed by atoms with Crippen LogP contribution in [0.5, 0.6) is 0 Å². The fourth-order valence-electron chi connectivity index (χ4n) is 5.54. The maximum Gasteiger partial charge on any atom is -0.0386 e. The Labute approximate surface area is 148 Å². The van der Waals surface area contributed by atoms with Crippen LogP contribution in [0.4, 0.5) is 0 Å². The minimum absolute atomic E-state index is 1.16. The highest BCUT2D eigenvalue weighted by molar-refractivity contribution is 4.80. The Morgan fingerprint density at radius 3 is 0.696 bits per heavy atom. The van der Waals surface area contributed by atoms with E-state index in [2.05, 4.69) is 0 Å². The topological polar surface area (TPSA) is 0 Å². The molecule has 2 unspecified atom stereocenters. The van der Waals surface area contributed by atoms with Crippen LogP contribution >= 0.6 is 0 Å². The lowest BCUT2D eigenvalue weighted by Gasteiger charge is -2.35. The van der Waals surface area contributed by atoms with Crippen molar-refractivity contribution < 1.29 is 0 Å². The molecule has 0 radical (unpaired) electrons. The molecule has 0 saturated heterocycles. The average molecular weight is 323 g/mol. The zero-order chi connectivity index (χ0) is 16.9. The lowest BCUT2D eigenvalue weighted by atomic mass is 9.71. The van der Waals surface area contributed by atoms with E-state index in [1.807, 2.05) is 27.7 Å². The van der Waals surface area contributed by atoms with E-state index < -0.39 is 0 Å². The second kappa shape index (κ2) is 13.3. The van der Waals surface area contributed by atoms with E-state index in [-0.39, 0.29) is 0 Å². The first-order valence-corrected chi connectivity index (χ1v) is 11.4. The van der Waals surface area contributed by atoms with Gasteiger partial charge < -0.3 is 0 Å². The third-order valence-corrected chi connectivity index (χ3v) is 6.68. The maximum absolute atomic E-state index is 2.00. The quantitative estimate of drug-likeness (QED) is 0.420. The molecule has 4 aliphatic rings. The van der Waals surface area contributed by atoms with Crippen LogP contribution in [0.25, 0.3) is 0 Å². The van der Waals surface area contributed by atoms with Gasteiger partial charge in [-0.05, 0) is 23.7 Å². The molecule has 0 aromatic carbocycles. The fraction of sp³-hybridized carbons (Fsp3) is 1.00. The van der Waals surface area contributed by atoms with Gasteiger partial charge in [0, 0.05) is 0 Å². The third kappa shape index (κ3) is 7.18. The molecule has 0 aliphatic heterocycles. The Bertz CT molecular complexity index is 219. The largest absolute Gasteiger partial charge is 0.0683 e. The van der Waals surface area contributed by atoms with Crippen LogP contribution < -0.4 is 0 Å². The Kier molecular flexibility index (Phi) is 12.2. The summed E-state index contributed by atoms with van der Waals surface area (Å²) in [5.41, 5.74) is 0. The predicted molar refractivity (Wildman–Crippen MR) is 106 cm³/mol. The van der Waals surface area contributed by atoms with E-state index in [9.17, 15) is 0 Å². The van der Waals surface area contributed by atoms with Gasteiger partial charge in [-0.25, -0.2) is 0 Å². The molecule has 0 aromatic rings. The molecule has 0 aromatic heterocycles. The lowest BCUT2D eigenvalue weighted by Crippen LogP contribution is -2.22. The Morgan fingerprint density at radius 1 is 0.304 bits per heavy atom. The number of hydrogen-bond acceptors (Lipinski definition) is 0. The number of hydrogen-bond donors (Lipinski definition) is 0. The molecular formula is C23H46. The van der Waals surface area contributed by atoms with Crippen molar-refractivity contribution >= 4 is 0 Å². The van der Waals surface area contributed by atoms with Crippen molar-refractivity contribution in [1.29, 1.82) is 0 Å². The van der Waals surface area contributed by atoms with Crippen LogP contribution in [0, 0.1) is 23.7 Å². The summed E-state index contributed by atoms with van der Waals surface area (Å²) in [4.78, 5) is 0. The van der Waals surface area contributed by atoms with Gasteiger partial charge in [-0.2, -0.15) is 0 Å². The lowest BCUT2D eigenvalue weighted by molar-refractivity contribution is 0.171. The molecular weight excluding hydrogens is 276 g/mol. The summed E-state index contributed by atoms with van der Waals surface area (Å²) in [6.45, 7) is 8.00. The van der Waals surface area contributed by atoms with Gasteiger partial charge in [-0.15, -0.1) is 0 Å². The second-order valence-electron chi connectivity index (χ2n) is 7.82. The fourth-order valence-corrected chi connectivity index (χ4v) is 5.54. The van der Waals surface area contributed by atoms with Gasteiger partial charge in [0.2, 0.25) is 0 Å². The van der Waals surface area contributed by atoms with Crippen molar-refractivity contribution in [2.45, 2.75) is 124 Å². The van der Waals surface area contributed by atoms with Crippen molar-refractivity contribution in [3.63, 3.8) is 0 Å². The molecule has 0 heteroatoms. The molecule has 0 bridgehead atoms. The highest BCUT2D eigenvalue weighted by Gasteiger charge is 2.29. The number of rotatable bonds is 0. The molecule has 0 heterocycles. The Hall–Kier alpha value is 0. The normalized spacial score (nSPS) is 35.0. The summed E-state index contributed by atoms with van der Waals surface area (Å²) in [6, 6.07) is 0. The molecule has 0 nitrogen and oxygen atoms in total. The first kappa shape index (κ1) is 21.0. The monoisotopic (exact) mass is 322 g/mol. The van der Waals surface area contributed by atoms with Gasteiger partial charge in [0.15, 0.2) is 0 Å². The first-order chi connectivity index (χ1) is 11.4. The average Bonchev–Trinajstić information content (AvgIpc) is 3.14. The zero-order valence-corrected chi connectivity index (χ0v) is 16.9. The molecule has 4 fully saturated rings. The summed E-state index contributed by atoms with van der Waals surface area (Å²) in [5, 5.41) is 0. The van der Waals surface area contributed by atoms with Crippen molar-refractivity contribution in [2.75, 3.05) is 0 Å². The Morgan fingerprint density at radius 2 is 0.478 bits per heavy atom. The van der Waals surface area contributed by atoms with Crippen LogP contribution in [0.2, 0.25) is 0 Å². The smallest absolute Gasteiger partial charge is 0.0386 e. The summed E-state index contributed by atoms with van der Waals surface area (Å²) in [7, 11) is 0. The highest BCUT2D eigenvalue weighted by Crippen LogP contribution is 2.42. The minimum Gasteiger partial charge on any atom is -0.0683 e. The standard InChI is InChI=1S/C10H18.C9H16.2C2H6/c1-2-6-10-8-4-3-7-9(10)5-1;1-2-5-9-7-3-6-8(9)4-1;2*1-2/h9-10H,1-8H2;8-9H,1-7H2;2*1-2H3. The first-order valence-electron chi connectivity index (χ1n) is 11.4. The summed E-state index contributed by atoms with van der Waals surface area (Å²) >= 11 is 0. The van der Waals surface area contributed by atoms with Crippen molar-refractivity contribution in [3.8, 4) is 0 Å². The summed E-state index contributed by atoms with van der Waals surface area (Å²) < 4.78 is 0. The highest BCUT2D eigenvalue weighted by atomic mass is 14.3. The molecule has 138 valence electrons. The second-order valence-corrected chi connectivity index (χ2v) is 7.82. The SMILES string of the molecule is C1CCC2CCCC2C1.C1CCC2CCCCC2C1.CC.CC. The van der Waals surface area contributed by atoms with E-state index >= 15 is 0 Å². The van der Waals surface area contributed by atoms with Crippen LogP contribution in [0.1, 0.15) is 124 Å². The van der Waals surface area contributed by atoms with Gasteiger partial charge in [0.1, 0.15) is 0 Å². The van der Waals surface area contributed by atoms with Gasteiger partial charge in [0.05, 0.1) is 0 Å². The maximum atomic E-state index is 2.00. The van der Waals surface area contributed by atoms with E-state index in [0.29, 0.717) is 0 Å².